The Morgan fingerprint density at radius 1 is 1.30 bits per heavy atom. The van der Waals surface area contributed by atoms with E-state index in [9.17, 15) is 12.8 Å². The molecule has 1 N–H and O–H groups in total. The minimum Gasteiger partial charge on any atom is -0.478 e. The molecule has 0 amide bonds. The Balaban J connectivity index is 2.14. The predicted octanol–water partition coefficient (Wildman–Crippen LogP) is 3.20. The van der Waals surface area contributed by atoms with Crippen molar-refractivity contribution in [3.8, 4) is 5.88 Å². The summed E-state index contributed by atoms with van der Waals surface area (Å²) in [5, 5.41) is 3.18. The Kier molecular flexibility index (Phi) is 5.20. The molecule has 7 heteroatoms. The third-order valence-electron chi connectivity index (χ3n) is 3.27. The van der Waals surface area contributed by atoms with Crippen molar-refractivity contribution in [1.82, 2.24) is 4.98 Å². The zero-order valence-electron chi connectivity index (χ0n) is 13.2. The number of pyridine rings is 1. The highest BCUT2D eigenvalue weighted by molar-refractivity contribution is 7.90. The van der Waals surface area contributed by atoms with E-state index in [-0.39, 0.29) is 10.9 Å². The summed E-state index contributed by atoms with van der Waals surface area (Å²) in [5.74, 6) is -0.210. The number of rotatable bonds is 6. The Labute approximate surface area is 135 Å². The molecule has 0 unspecified atom stereocenters. The molecule has 0 spiro atoms. The van der Waals surface area contributed by atoms with E-state index >= 15 is 0 Å². The molecule has 5 nitrogen and oxygen atoms in total. The van der Waals surface area contributed by atoms with Gasteiger partial charge >= 0.3 is 0 Å². The summed E-state index contributed by atoms with van der Waals surface area (Å²) in [5.41, 5.74) is 1.40. The molecule has 1 aromatic heterocycles. The topological polar surface area (TPSA) is 68.3 Å². The highest BCUT2D eigenvalue weighted by atomic mass is 32.2. The minimum absolute atomic E-state index is 0.210. The van der Waals surface area contributed by atoms with Gasteiger partial charge in [-0.15, -0.1) is 0 Å². The van der Waals surface area contributed by atoms with Gasteiger partial charge in [0.1, 0.15) is 10.7 Å². The van der Waals surface area contributed by atoms with Crippen LogP contribution in [0.1, 0.15) is 25.5 Å². The van der Waals surface area contributed by atoms with Crippen molar-refractivity contribution in [2.24, 2.45) is 0 Å². The van der Waals surface area contributed by atoms with E-state index in [0.29, 0.717) is 18.1 Å². The Bertz CT molecular complexity index is 776. The van der Waals surface area contributed by atoms with Crippen molar-refractivity contribution in [2.75, 3.05) is 18.2 Å². The van der Waals surface area contributed by atoms with Gasteiger partial charge in [0, 0.05) is 18.4 Å². The van der Waals surface area contributed by atoms with E-state index in [4.69, 9.17) is 4.74 Å². The third kappa shape index (κ3) is 4.41. The number of nitrogens with zero attached hydrogens (tertiary/aromatic N) is 1. The zero-order valence-corrected chi connectivity index (χ0v) is 14.0. The second-order valence-corrected chi connectivity index (χ2v) is 7.13. The molecule has 0 aliphatic rings. The molecule has 0 saturated carbocycles. The molecular formula is C16H19FN2O3S. The van der Waals surface area contributed by atoms with Crippen molar-refractivity contribution in [3.63, 3.8) is 0 Å². The highest BCUT2D eigenvalue weighted by Crippen LogP contribution is 2.23. The minimum atomic E-state index is -3.56. The Morgan fingerprint density at radius 3 is 2.57 bits per heavy atom. The lowest BCUT2D eigenvalue weighted by Gasteiger charge is -2.16. The van der Waals surface area contributed by atoms with E-state index in [0.717, 1.165) is 11.9 Å². The van der Waals surface area contributed by atoms with Crippen LogP contribution in [0.3, 0.4) is 0 Å². The molecule has 2 rings (SSSR count). The van der Waals surface area contributed by atoms with Crippen LogP contribution >= 0.6 is 0 Å². The standard InChI is InChI=1S/C16H19FN2O3S/c1-4-22-16-8-6-13(10-18-16)19-11(2)12-5-7-15(14(17)9-12)23(3,20)21/h5-11,19H,4H2,1-3H3/t11-/m1/s1. The van der Waals surface area contributed by atoms with E-state index < -0.39 is 15.7 Å². The lowest BCUT2D eigenvalue weighted by molar-refractivity contribution is 0.327. The quantitative estimate of drug-likeness (QED) is 0.876. The molecule has 23 heavy (non-hydrogen) atoms. The normalized spacial score (nSPS) is 12.7. The molecule has 0 radical (unpaired) electrons. The highest BCUT2D eigenvalue weighted by Gasteiger charge is 2.16. The lowest BCUT2D eigenvalue weighted by Crippen LogP contribution is -2.09. The second-order valence-electron chi connectivity index (χ2n) is 5.15. The van der Waals surface area contributed by atoms with Gasteiger partial charge < -0.3 is 10.1 Å². The summed E-state index contributed by atoms with van der Waals surface area (Å²) in [7, 11) is -3.56. The maximum Gasteiger partial charge on any atom is 0.213 e. The van der Waals surface area contributed by atoms with E-state index in [1.165, 1.54) is 12.1 Å². The summed E-state index contributed by atoms with van der Waals surface area (Å²) >= 11 is 0. The van der Waals surface area contributed by atoms with Crippen LogP contribution in [-0.4, -0.2) is 26.3 Å². The van der Waals surface area contributed by atoms with Gasteiger partial charge in [-0.1, -0.05) is 6.07 Å². The summed E-state index contributed by atoms with van der Waals surface area (Å²) in [6.45, 7) is 4.28. The fraction of sp³-hybridized carbons (Fsp3) is 0.312. The molecule has 124 valence electrons. The summed E-state index contributed by atoms with van der Waals surface area (Å²) in [6, 6.07) is 7.46. The first-order valence-corrected chi connectivity index (χ1v) is 9.05. The number of hydrogen-bond acceptors (Lipinski definition) is 5. The molecule has 1 atom stereocenters. The fourth-order valence-electron chi connectivity index (χ4n) is 2.12. The number of hydrogen-bond donors (Lipinski definition) is 1. The fourth-order valence-corrected chi connectivity index (χ4v) is 2.85. The summed E-state index contributed by atoms with van der Waals surface area (Å²) < 4.78 is 42.1. The van der Waals surface area contributed by atoms with Crippen molar-refractivity contribution in [3.05, 3.63) is 47.9 Å². The molecule has 2 aromatic rings. The van der Waals surface area contributed by atoms with E-state index in [1.54, 1.807) is 18.3 Å². The number of nitrogens with one attached hydrogen (secondary N) is 1. The molecule has 0 aliphatic heterocycles. The van der Waals surface area contributed by atoms with E-state index in [1.807, 2.05) is 19.9 Å². The van der Waals surface area contributed by atoms with Crippen LogP contribution in [0, 0.1) is 5.82 Å². The third-order valence-corrected chi connectivity index (χ3v) is 4.40. The van der Waals surface area contributed by atoms with Crippen molar-refractivity contribution in [2.45, 2.75) is 24.8 Å². The van der Waals surface area contributed by atoms with Crippen LogP contribution < -0.4 is 10.1 Å². The van der Waals surface area contributed by atoms with Crippen LogP contribution in [0.15, 0.2) is 41.4 Å². The number of ether oxygens (including phenoxy) is 1. The second kappa shape index (κ2) is 6.95. The smallest absolute Gasteiger partial charge is 0.213 e. The van der Waals surface area contributed by atoms with E-state index in [2.05, 4.69) is 10.3 Å². The molecule has 0 bridgehead atoms. The average molecular weight is 338 g/mol. The maximum absolute atomic E-state index is 13.9. The van der Waals surface area contributed by atoms with Crippen molar-refractivity contribution >= 4 is 15.5 Å². The SMILES string of the molecule is CCOc1ccc(N[C@H](C)c2ccc(S(C)(=O)=O)c(F)c2)cn1. The first-order chi connectivity index (χ1) is 10.8. The molecule has 0 fully saturated rings. The van der Waals surface area contributed by atoms with Gasteiger partial charge in [-0.25, -0.2) is 17.8 Å². The lowest BCUT2D eigenvalue weighted by atomic mass is 10.1. The predicted molar refractivity (Wildman–Crippen MR) is 87.0 cm³/mol. The zero-order chi connectivity index (χ0) is 17.0. The Hall–Kier alpha value is -2.15. The van der Waals surface area contributed by atoms with Crippen LogP contribution in [0.2, 0.25) is 0 Å². The van der Waals surface area contributed by atoms with Gasteiger partial charge in [0.2, 0.25) is 5.88 Å². The van der Waals surface area contributed by atoms with Crippen LogP contribution in [0.4, 0.5) is 10.1 Å². The number of halogens is 1. The Morgan fingerprint density at radius 2 is 2.04 bits per heavy atom. The van der Waals surface area contributed by atoms with Gasteiger partial charge in [-0.2, -0.15) is 0 Å². The van der Waals surface area contributed by atoms with Gasteiger partial charge in [-0.3, -0.25) is 0 Å². The van der Waals surface area contributed by atoms with Crippen molar-refractivity contribution < 1.29 is 17.5 Å². The number of benzene rings is 1. The molecule has 0 saturated heterocycles. The van der Waals surface area contributed by atoms with Gasteiger partial charge in [0.25, 0.3) is 0 Å². The number of sulfone groups is 1. The molecule has 1 aromatic carbocycles. The van der Waals surface area contributed by atoms with Crippen LogP contribution in [-0.2, 0) is 9.84 Å². The van der Waals surface area contributed by atoms with Gasteiger partial charge in [0.05, 0.1) is 18.5 Å². The summed E-state index contributed by atoms with van der Waals surface area (Å²) in [4.78, 5) is 3.85. The van der Waals surface area contributed by atoms with Gasteiger partial charge in [-0.05, 0) is 37.6 Å². The van der Waals surface area contributed by atoms with Crippen molar-refractivity contribution in [1.29, 1.82) is 0 Å². The first-order valence-electron chi connectivity index (χ1n) is 7.16. The first kappa shape index (κ1) is 17.2. The molecule has 1 heterocycles. The van der Waals surface area contributed by atoms with Crippen LogP contribution in [0.25, 0.3) is 0 Å². The van der Waals surface area contributed by atoms with Crippen LogP contribution in [0.5, 0.6) is 5.88 Å². The number of aromatic nitrogens is 1. The molecule has 0 aliphatic carbocycles. The maximum atomic E-state index is 13.9. The molecular weight excluding hydrogens is 319 g/mol. The van der Waals surface area contributed by atoms with Gasteiger partial charge in [0.15, 0.2) is 9.84 Å². The number of anilines is 1. The average Bonchev–Trinajstić information content (AvgIpc) is 2.48. The monoisotopic (exact) mass is 338 g/mol. The largest absolute Gasteiger partial charge is 0.478 e. The summed E-state index contributed by atoms with van der Waals surface area (Å²) in [6.07, 6.45) is 2.61.